The molecule has 1 aromatic rings. The van der Waals surface area contributed by atoms with E-state index < -0.39 is 0 Å². The first-order valence-electron chi connectivity index (χ1n) is 17.8. The monoisotopic (exact) mass is 587 g/mol. The molecule has 0 heterocycles. The van der Waals surface area contributed by atoms with Gasteiger partial charge in [0.05, 0.1) is 25.4 Å². The lowest BCUT2D eigenvalue weighted by atomic mass is 10.1. The van der Waals surface area contributed by atoms with Gasteiger partial charge in [0, 0.05) is 6.07 Å². The SMILES string of the molecule is CCCCCCCCCCCCOc1cc(OCCCCCCCCCCCC)cc(C(=O)OCCCCCC=N)c1. The summed E-state index contributed by atoms with van der Waals surface area (Å²) in [6, 6.07) is 5.50. The van der Waals surface area contributed by atoms with Crippen LogP contribution in [0.15, 0.2) is 18.2 Å². The Hall–Kier alpha value is -2.04. The highest BCUT2D eigenvalue weighted by molar-refractivity contribution is 5.90. The van der Waals surface area contributed by atoms with E-state index in [1.165, 1.54) is 122 Å². The van der Waals surface area contributed by atoms with Crippen LogP contribution in [0, 0.1) is 5.41 Å². The fraction of sp³-hybridized carbons (Fsp3) is 0.784. The van der Waals surface area contributed by atoms with Gasteiger partial charge in [0.2, 0.25) is 0 Å². The summed E-state index contributed by atoms with van der Waals surface area (Å²) in [5.74, 6) is 1.05. The Balaban J connectivity index is 2.43. The Kier molecular flexibility index (Phi) is 26.3. The summed E-state index contributed by atoms with van der Waals surface area (Å²) in [6.45, 7) is 6.24. The zero-order valence-corrected chi connectivity index (χ0v) is 27.5. The van der Waals surface area contributed by atoms with Crippen LogP contribution in [0.3, 0.4) is 0 Å². The van der Waals surface area contributed by atoms with Gasteiger partial charge in [0.25, 0.3) is 0 Å². The minimum Gasteiger partial charge on any atom is -0.493 e. The molecule has 5 heteroatoms. The maximum atomic E-state index is 12.8. The van der Waals surface area contributed by atoms with Crippen LogP contribution in [-0.2, 0) is 4.74 Å². The number of esters is 1. The second-order valence-electron chi connectivity index (χ2n) is 11.9. The molecule has 0 saturated heterocycles. The molecule has 0 aromatic heterocycles. The molecule has 0 unspecified atom stereocenters. The first-order valence-corrected chi connectivity index (χ1v) is 17.8. The molecule has 42 heavy (non-hydrogen) atoms. The third kappa shape index (κ3) is 22.5. The highest BCUT2D eigenvalue weighted by Gasteiger charge is 2.12. The molecule has 0 saturated carbocycles. The van der Waals surface area contributed by atoms with Crippen molar-refractivity contribution in [3.8, 4) is 11.5 Å². The lowest BCUT2D eigenvalue weighted by Crippen LogP contribution is -2.08. The van der Waals surface area contributed by atoms with Gasteiger partial charge in [-0.25, -0.2) is 4.79 Å². The molecule has 0 spiro atoms. The molecule has 0 bridgehead atoms. The van der Waals surface area contributed by atoms with Crippen LogP contribution in [0.5, 0.6) is 11.5 Å². The van der Waals surface area contributed by atoms with Crippen molar-refractivity contribution in [1.29, 1.82) is 5.41 Å². The predicted molar refractivity (Wildman–Crippen MR) is 179 cm³/mol. The van der Waals surface area contributed by atoms with Gasteiger partial charge in [-0.15, -0.1) is 0 Å². The second-order valence-corrected chi connectivity index (χ2v) is 11.9. The van der Waals surface area contributed by atoms with Gasteiger partial charge < -0.3 is 19.6 Å². The molecule has 1 N–H and O–H groups in total. The number of nitrogens with one attached hydrogen (secondary N) is 1. The fourth-order valence-corrected chi connectivity index (χ4v) is 5.19. The number of benzene rings is 1. The molecular formula is C37H65NO4. The molecule has 0 aliphatic rings. The van der Waals surface area contributed by atoms with Crippen LogP contribution in [0.2, 0.25) is 0 Å². The number of carbonyl (C=O) groups excluding carboxylic acids is 1. The summed E-state index contributed by atoms with van der Waals surface area (Å²) in [5.41, 5.74) is 0.494. The smallest absolute Gasteiger partial charge is 0.338 e. The van der Waals surface area contributed by atoms with Gasteiger partial charge in [-0.05, 0) is 56.9 Å². The molecule has 242 valence electrons. The largest absolute Gasteiger partial charge is 0.493 e. The quantitative estimate of drug-likeness (QED) is 0.0533. The van der Waals surface area contributed by atoms with Crippen LogP contribution in [0.1, 0.15) is 178 Å². The van der Waals surface area contributed by atoms with Gasteiger partial charge in [0.1, 0.15) is 11.5 Å². The average molecular weight is 588 g/mol. The average Bonchev–Trinajstić information content (AvgIpc) is 3.00. The van der Waals surface area contributed by atoms with E-state index in [0.29, 0.717) is 36.9 Å². The third-order valence-electron chi connectivity index (χ3n) is 7.87. The minimum atomic E-state index is -0.324. The molecule has 0 fully saturated rings. The maximum Gasteiger partial charge on any atom is 0.338 e. The predicted octanol–water partition coefficient (Wildman–Crippen LogP) is 11.7. The number of carbonyl (C=O) groups is 1. The normalized spacial score (nSPS) is 11.0. The minimum absolute atomic E-state index is 0.324. The first kappa shape index (κ1) is 38.0. The lowest BCUT2D eigenvalue weighted by molar-refractivity contribution is 0.0497. The molecule has 0 aliphatic carbocycles. The molecule has 0 aliphatic heterocycles. The molecular weight excluding hydrogens is 522 g/mol. The van der Waals surface area contributed by atoms with Gasteiger partial charge in [-0.3, -0.25) is 0 Å². The van der Waals surface area contributed by atoms with Gasteiger partial charge in [-0.1, -0.05) is 129 Å². The van der Waals surface area contributed by atoms with Gasteiger partial charge in [-0.2, -0.15) is 0 Å². The topological polar surface area (TPSA) is 68.6 Å². The maximum absolute atomic E-state index is 12.8. The van der Waals surface area contributed by atoms with Crippen molar-refractivity contribution in [2.75, 3.05) is 19.8 Å². The number of ether oxygens (including phenoxy) is 3. The number of unbranched alkanes of at least 4 members (excludes halogenated alkanes) is 21. The summed E-state index contributed by atoms with van der Waals surface area (Å²) < 4.78 is 17.7. The summed E-state index contributed by atoms with van der Waals surface area (Å²) in [4.78, 5) is 12.8. The van der Waals surface area contributed by atoms with Gasteiger partial charge in [0.15, 0.2) is 0 Å². The Morgan fingerprint density at radius 3 is 1.36 bits per heavy atom. The molecule has 5 nitrogen and oxygen atoms in total. The Morgan fingerprint density at radius 1 is 0.548 bits per heavy atom. The molecule has 0 radical (unpaired) electrons. The van der Waals surface area contributed by atoms with E-state index in [-0.39, 0.29) is 5.97 Å². The van der Waals surface area contributed by atoms with Crippen LogP contribution in [0.4, 0.5) is 0 Å². The number of hydrogen-bond donors (Lipinski definition) is 1. The zero-order chi connectivity index (χ0) is 30.4. The molecule has 0 amide bonds. The van der Waals surface area contributed by atoms with E-state index >= 15 is 0 Å². The van der Waals surface area contributed by atoms with Crippen molar-refractivity contribution in [2.45, 2.75) is 168 Å². The molecule has 1 rings (SSSR count). The van der Waals surface area contributed by atoms with Crippen LogP contribution in [0.25, 0.3) is 0 Å². The summed E-state index contributed by atoms with van der Waals surface area (Å²) in [6.07, 6.45) is 30.8. The van der Waals surface area contributed by atoms with Crippen LogP contribution < -0.4 is 9.47 Å². The number of rotatable bonds is 31. The zero-order valence-electron chi connectivity index (χ0n) is 27.5. The van der Waals surface area contributed by atoms with Crippen molar-refractivity contribution >= 4 is 12.2 Å². The van der Waals surface area contributed by atoms with Gasteiger partial charge >= 0.3 is 5.97 Å². The highest BCUT2D eigenvalue weighted by atomic mass is 16.5. The van der Waals surface area contributed by atoms with Crippen molar-refractivity contribution in [3.05, 3.63) is 23.8 Å². The van der Waals surface area contributed by atoms with E-state index in [4.69, 9.17) is 19.6 Å². The Labute approximate surface area is 259 Å². The van der Waals surface area contributed by atoms with Crippen molar-refractivity contribution < 1.29 is 19.0 Å². The number of hydrogen-bond acceptors (Lipinski definition) is 5. The van der Waals surface area contributed by atoms with E-state index in [9.17, 15) is 4.79 Å². The van der Waals surface area contributed by atoms with E-state index in [0.717, 1.165) is 38.5 Å². The second kappa shape index (κ2) is 29.1. The van der Waals surface area contributed by atoms with E-state index in [2.05, 4.69) is 13.8 Å². The van der Waals surface area contributed by atoms with E-state index in [1.54, 1.807) is 12.1 Å². The van der Waals surface area contributed by atoms with Crippen molar-refractivity contribution in [1.82, 2.24) is 0 Å². The van der Waals surface area contributed by atoms with Crippen LogP contribution in [-0.4, -0.2) is 32.0 Å². The summed E-state index contributed by atoms with van der Waals surface area (Å²) in [7, 11) is 0. The van der Waals surface area contributed by atoms with Crippen LogP contribution >= 0.6 is 0 Å². The molecule has 0 atom stereocenters. The van der Waals surface area contributed by atoms with E-state index in [1.807, 2.05) is 6.07 Å². The Bertz CT molecular complexity index is 722. The standard InChI is InChI=1S/C37H65NO4/c1-3-5-7-9-11-13-15-17-20-24-28-40-35-31-34(37(39)42-30-26-22-19-23-27-38)32-36(33-35)41-29-25-21-18-16-14-12-10-8-6-4-2/h27,31-33,38H,3-26,28-30H2,1-2H3. The highest BCUT2D eigenvalue weighted by Crippen LogP contribution is 2.25. The first-order chi connectivity index (χ1) is 20.7. The lowest BCUT2D eigenvalue weighted by Gasteiger charge is -2.13. The fourth-order valence-electron chi connectivity index (χ4n) is 5.19. The Morgan fingerprint density at radius 2 is 0.929 bits per heavy atom. The summed E-state index contributed by atoms with van der Waals surface area (Å²) >= 11 is 0. The summed E-state index contributed by atoms with van der Waals surface area (Å²) in [5, 5.41) is 7.12. The van der Waals surface area contributed by atoms with Crippen molar-refractivity contribution in [3.63, 3.8) is 0 Å². The third-order valence-corrected chi connectivity index (χ3v) is 7.87. The van der Waals surface area contributed by atoms with Crippen molar-refractivity contribution in [2.24, 2.45) is 0 Å². The molecule has 1 aromatic carbocycles.